The van der Waals surface area contributed by atoms with E-state index in [2.05, 4.69) is 57.5 Å². The number of halogens is 2. The van der Waals surface area contributed by atoms with Gasteiger partial charge in [-0.3, -0.25) is 9.69 Å². The first-order chi connectivity index (χ1) is 7.95. The number of rotatable bonds is 6. The molecular formula is C12H17Br2NOS. The molecule has 1 aromatic heterocycles. The Morgan fingerprint density at radius 3 is 2.53 bits per heavy atom. The van der Waals surface area contributed by atoms with Gasteiger partial charge in [-0.15, -0.1) is 11.3 Å². The average molecular weight is 383 g/mol. The van der Waals surface area contributed by atoms with Crippen LogP contribution in [-0.2, 0) is 0 Å². The van der Waals surface area contributed by atoms with Crippen molar-refractivity contribution >= 4 is 49.0 Å². The van der Waals surface area contributed by atoms with Crippen molar-refractivity contribution in [2.75, 3.05) is 13.1 Å². The van der Waals surface area contributed by atoms with E-state index in [0.717, 1.165) is 26.1 Å². The molecule has 2 nitrogen and oxygen atoms in total. The topological polar surface area (TPSA) is 20.3 Å². The van der Waals surface area contributed by atoms with E-state index in [-0.39, 0.29) is 5.78 Å². The van der Waals surface area contributed by atoms with Gasteiger partial charge in [0.25, 0.3) is 0 Å². The smallest absolute Gasteiger partial charge is 0.178 e. The van der Waals surface area contributed by atoms with Gasteiger partial charge in [0.05, 0.1) is 14.1 Å². The van der Waals surface area contributed by atoms with Crippen LogP contribution < -0.4 is 0 Å². The van der Waals surface area contributed by atoms with Crippen molar-refractivity contribution in [3.8, 4) is 0 Å². The van der Waals surface area contributed by atoms with E-state index in [1.165, 1.54) is 0 Å². The van der Waals surface area contributed by atoms with Gasteiger partial charge in [0.2, 0.25) is 0 Å². The SMILES string of the molecule is CCCN(CC(=O)c1cc(Br)sc1Br)C(C)C. The lowest BCUT2D eigenvalue weighted by Gasteiger charge is -2.24. The first-order valence-corrected chi connectivity index (χ1v) is 8.08. The molecule has 0 amide bonds. The number of thiophene rings is 1. The molecule has 0 saturated heterocycles. The van der Waals surface area contributed by atoms with Crippen LogP contribution >= 0.6 is 43.2 Å². The molecular weight excluding hydrogens is 366 g/mol. The third-order valence-corrected chi connectivity index (χ3v) is 4.88. The maximum absolute atomic E-state index is 12.2. The van der Waals surface area contributed by atoms with Gasteiger partial charge in [0, 0.05) is 11.6 Å². The van der Waals surface area contributed by atoms with Crippen LogP contribution in [0.5, 0.6) is 0 Å². The van der Waals surface area contributed by atoms with Crippen molar-refractivity contribution < 1.29 is 4.79 Å². The lowest BCUT2D eigenvalue weighted by molar-refractivity contribution is 0.0905. The lowest BCUT2D eigenvalue weighted by atomic mass is 10.2. The summed E-state index contributed by atoms with van der Waals surface area (Å²) in [5.41, 5.74) is 0.781. The van der Waals surface area contributed by atoms with Crippen LogP contribution in [0, 0.1) is 0 Å². The van der Waals surface area contributed by atoms with E-state index in [4.69, 9.17) is 0 Å². The van der Waals surface area contributed by atoms with Crippen LogP contribution in [-0.4, -0.2) is 29.8 Å². The molecule has 0 aliphatic rings. The molecule has 0 radical (unpaired) electrons. The molecule has 1 heterocycles. The Balaban J connectivity index is 2.73. The first-order valence-electron chi connectivity index (χ1n) is 5.67. The fourth-order valence-corrected chi connectivity index (χ4v) is 4.46. The normalized spacial score (nSPS) is 11.5. The molecule has 0 aliphatic heterocycles. The van der Waals surface area contributed by atoms with Crippen LogP contribution in [0.15, 0.2) is 13.6 Å². The zero-order valence-corrected chi connectivity index (χ0v) is 14.3. The molecule has 0 spiro atoms. The van der Waals surface area contributed by atoms with Gasteiger partial charge >= 0.3 is 0 Å². The molecule has 0 bridgehead atoms. The molecule has 0 aromatic carbocycles. The van der Waals surface area contributed by atoms with E-state index in [1.54, 1.807) is 11.3 Å². The minimum atomic E-state index is 0.181. The molecule has 0 atom stereocenters. The zero-order valence-electron chi connectivity index (χ0n) is 10.3. The maximum Gasteiger partial charge on any atom is 0.178 e. The molecule has 5 heteroatoms. The van der Waals surface area contributed by atoms with Gasteiger partial charge in [-0.1, -0.05) is 6.92 Å². The minimum Gasteiger partial charge on any atom is -0.293 e. The van der Waals surface area contributed by atoms with Crippen LogP contribution in [0.1, 0.15) is 37.6 Å². The van der Waals surface area contributed by atoms with Gasteiger partial charge < -0.3 is 0 Å². The Morgan fingerprint density at radius 1 is 1.47 bits per heavy atom. The number of carbonyl (C=O) groups excluding carboxylic acids is 1. The highest BCUT2D eigenvalue weighted by Crippen LogP contribution is 2.32. The number of nitrogens with zero attached hydrogens (tertiary/aromatic N) is 1. The van der Waals surface area contributed by atoms with Crippen molar-refractivity contribution in [1.29, 1.82) is 0 Å². The summed E-state index contributed by atoms with van der Waals surface area (Å²) in [6.45, 7) is 7.85. The quantitative estimate of drug-likeness (QED) is 0.671. The van der Waals surface area contributed by atoms with Crippen LogP contribution in [0.3, 0.4) is 0 Å². The van der Waals surface area contributed by atoms with Crippen molar-refractivity contribution in [2.45, 2.75) is 33.2 Å². The van der Waals surface area contributed by atoms with Crippen molar-refractivity contribution in [1.82, 2.24) is 4.90 Å². The fourth-order valence-electron chi connectivity index (χ4n) is 1.61. The zero-order chi connectivity index (χ0) is 13.0. The Hall–Kier alpha value is 0.290. The molecule has 0 aliphatic carbocycles. The number of hydrogen-bond acceptors (Lipinski definition) is 3. The average Bonchev–Trinajstić information content (AvgIpc) is 2.57. The Labute approximate surface area is 124 Å². The Morgan fingerprint density at radius 2 is 2.12 bits per heavy atom. The second-order valence-electron chi connectivity index (χ2n) is 4.23. The molecule has 0 saturated carbocycles. The number of ketones is 1. The number of Topliss-reactive ketones (excluding diaryl/α,β-unsaturated/α-hetero) is 1. The van der Waals surface area contributed by atoms with E-state index >= 15 is 0 Å². The second kappa shape index (κ2) is 7.02. The predicted molar refractivity (Wildman–Crippen MR) is 81.0 cm³/mol. The molecule has 0 fully saturated rings. The van der Waals surface area contributed by atoms with Gasteiger partial charge in [0.15, 0.2) is 5.78 Å². The Bertz CT molecular complexity index is 390. The van der Waals surface area contributed by atoms with Gasteiger partial charge in [0.1, 0.15) is 0 Å². The summed E-state index contributed by atoms with van der Waals surface area (Å²) in [7, 11) is 0. The van der Waals surface area contributed by atoms with E-state index in [0.29, 0.717) is 12.6 Å². The third kappa shape index (κ3) is 4.47. The Kier molecular flexibility index (Phi) is 6.34. The van der Waals surface area contributed by atoms with Crippen molar-refractivity contribution in [3.63, 3.8) is 0 Å². The van der Waals surface area contributed by atoms with Crippen LogP contribution in [0.25, 0.3) is 0 Å². The number of hydrogen-bond donors (Lipinski definition) is 0. The molecule has 1 aromatic rings. The highest BCUT2D eigenvalue weighted by molar-refractivity contribution is 9.12. The van der Waals surface area contributed by atoms with Crippen LogP contribution in [0.4, 0.5) is 0 Å². The molecule has 96 valence electrons. The molecule has 17 heavy (non-hydrogen) atoms. The highest BCUT2D eigenvalue weighted by Gasteiger charge is 2.18. The summed E-state index contributed by atoms with van der Waals surface area (Å²) in [5, 5.41) is 0. The predicted octanol–water partition coefficient (Wildman–Crippen LogP) is 4.58. The van der Waals surface area contributed by atoms with E-state index < -0.39 is 0 Å². The summed E-state index contributed by atoms with van der Waals surface area (Å²) in [6, 6.07) is 2.29. The maximum atomic E-state index is 12.2. The highest BCUT2D eigenvalue weighted by atomic mass is 79.9. The summed E-state index contributed by atoms with van der Waals surface area (Å²) >= 11 is 8.37. The van der Waals surface area contributed by atoms with Crippen LogP contribution in [0.2, 0.25) is 0 Å². The second-order valence-corrected chi connectivity index (χ2v) is 7.97. The van der Waals surface area contributed by atoms with Crippen molar-refractivity contribution in [3.05, 3.63) is 19.2 Å². The minimum absolute atomic E-state index is 0.181. The van der Waals surface area contributed by atoms with Crippen molar-refractivity contribution in [2.24, 2.45) is 0 Å². The van der Waals surface area contributed by atoms with Gasteiger partial charge in [-0.2, -0.15) is 0 Å². The molecule has 0 N–H and O–H groups in total. The summed E-state index contributed by atoms with van der Waals surface area (Å²) in [4.78, 5) is 14.4. The first kappa shape index (κ1) is 15.3. The fraction of sp³-hybridized carbons (Fsp3) is 0.583. The van der Waals surface area contributed by atoms with E-state index in [9.17, 15) is 4.79 Å². The molecule has 0 unspecified atom stereocenters. The van der Waals surface area contributed by atoms with E-state index in [1.807, 2.05) is 6.07 Å². The summed E-state index contributed by atoms with van der Waals surface area (Å²) in [5.74, 6) is 0.181. The van der Waals surface area contributed by atoms with Gasteiger partial charge in [-0.05, 0) is 64.7 Å². The van der Waals surface area contributed by atoms with Gasteiger partial charge in [-0.25, -0.2) is 0 Å². The lowest BCUT2D eigenvalue weighted by Crippen LogP contribution is -2.36. The standard InChI is InChI=1S/C12H17Br2NOS/c1-4-5-15(8(2)3)7-10(16)9-6-11(13)17-12(9)14/h6,8H,4-5,7H2,1-3H3. The molecule has 1 rings (SSSR count). The summed E-state index contributed by atoms with van der Waals surface area (Å²) in [6.07, 6.45) is 1.07. The summed E-state index contributed by atoms with van der Waals surface area (Å²) < 4.78 is 1.90. The largest absolute Gasteiger partial charge is 0.293 e. The third-order valence-electron chi connectivity index (χ3n) is 2.54. The number of carbonyl (C=O) groups is 1. The monoisotopic (exact) mass is 381 g/mol.